The second-order valence-electron chi connectivity index (χ2n) is 16.4. The largest absolute Gasteiger partial charge is 0.342 e. The Morgan fingerprint density at radius 3 is 2.12 bits per heavy atom. The van der Waals surface area contributed by atoms with Gasteiger partial charge in [-0.05, 0) is 69.9 Å². The quantitative estimate of drug-likeness (QED) is 0.342. The molecule has 0 saturated carbocycles. The van der Waals surface area contributed by atoms with Gasteiger partial charge in [0.1, 0.15) is 12.1 Å². The van der Waals surface area contributed by atoms with Crippen LogP contribution < -0.4 is 5.32 Å². The fourth-order valence-corrected chi connectivity index (χ4v) is 7.84. The van der Waals surface area contributed by atoms with E-state index in [1.54, 1.807) is 23.8 Å². The summed E-state index contributed by atoms with van der Waals surface area (Å²) in [5, 5.41) is 3.16. The number of piperazine rings is 1. The van der Waals surface area contributed by atoms with Gasteiger partial charge in [0.25, 0.3) is 0 Å². The molecule has 0 aliphatic carbocycles. The summed E-state index contributed by atoms with van der Waals surface area (Å²) < 4.78 is 0. The van der Waals surface area contributed by atoms with Crippen LogP contribution in [0.15, 0.2) is 42.0 Å². The molecule has 3 saturated heterocycles. The van der Waals surface area contributed by atoms with Gasteiger partial charge < -0.3 is 20.0 Å². The Morgan fingerprint density at radius 2 is 1.52 bits per heavy atom. The van der Waals surface area contributed by atoms with Crippen LogP contribution in [0.2, 0.25) is 0 Å². The Kier molecular flexibility index (Phi) is 13.7. The van der Waals surface area contributed by atoms with Gasteiger partial charge >= 0.3 is 0 Å². The van der Waals surface area contributed by atoms with Crippen LogP contribution >= 0.6 is 0 Å². The minimum Gasteiger partial charge on any atom is -0.342 e. The van der Waals surface area contributed by atoms with Gasteiger partial charge in [-0.15, -0.1) is 0 Å². The summed E-state index contributed by atoms with van der Waals surface area (Å²) in [6.45, 7) is 21.3. The van der Waals surface area contributed by atoms with E-state index in [0.717, 1.165) is 51.9 Å². The van der Waals surface area contributed by atoms with Crippen molar-refractivity contribution in [1.29, 1.82) is 0 Å². The third-order valence-electron chi connectivity index (χ3n) is 10.9. The molecule has 3 aliphatic rings. The van der Waals surface area contributed by atoms with Crippen molar-refractivity contribution < 1.29 is 19.2 Å². The van der Waals surface area contributed by atoms with Crippen molar-refractivity contribution in [3.63, 3.8) is 0 Å². The molecule has 1 N–H and O–H groups in total. The Morgan fingerprint density at radius 1 is 0.880 bits per heavy atom. The standard InChI is InChI=1S/C40H64N6O4/c1-28(2)34(42(9)39(50)35(40(6,7)8)41-36(47)32-18-13-14-20-45(32)29(3)4)26-30(5)37(48)46-21-15-19-33(46)38(49)44-24-22-43(23-25-44)27-31-16-11-10-12-17-31/h10-12,16-17,26,28-29,32-35H,13-15,18-25,27H2,1-9H3,(H,41,47)/t32?,33-,34+,35+/m0/s1. The van der Waals surface area contributed by atoms with Crippen LogP contribution in [0.25, 0.3) is 0 Å². The van der Waals surface area contributed by atoms with Crippen LogP contribution in [-0.2, 0) is 25.7 Å². The highest BCUT2D eigenvalue weighted by Crippen LogP contribution is 2.27. The Labute approximate surface area is 301 Å². The zero-order valence-corrected chi connectivity index (χ0v) is 32.3. The van der Waals surface area contributed by atoms with E-state index >= 15 is 0 Å². The number of carbonyl (C=O) groups is 4. The first kappa shape index (κ1) is 39.5. The number of amides is 4. The Hall–Kier alpha value is -3.24. The highest BCUT2D eigenvalue weighted by Gasteiger charge is 2.41. The van der Waals surface area contributed by atoms with Gasteiger partial charge in [0.05, 0.1) is 12.1 Å². The molecule has 3 aliphatic heterocycles. The van der Waals surface area contributed by atoms with E-state index in [0.29, 0.717) is 31.6 Å². The van der Waals surface area contributed by atoms with Crippen LogP contribution in [0, 0.1) is 11.3 Å². The summed E-state index contributed by atoms with van der Waals surface area (Å²) >= 11 is 0. The average Bonchev–Trinajstić information content (AvgIpc) is 3.58. The minimum absolute atomic E-state index is 0.0148. The van der Waals surface area contributed by atoms with Crippen molar-refractivity contribution in [3.05, 3.63) is 47.5 Å². The molecule has 1 unspecified atom stereocenters. The Bertz CT molecular complexity index is 1350. The topological polar surface area (TPSA) is 96.5 Å². The van der Waals surface area contributed by atoms with Crippen LogP contribution in [0.1, 0.15) is 93.1 Å². The number of benzene rings is 1. The summed E-state index contributed by atoms with van der Waals surface area (Å²) in [5.41, 5.74) is 1.28. The van der Waals surface area contributed by atoms with E-state index in [1.165, 1.54) is 5.56 Å². The molecular weight excluding hydrogens is 628 g/mol. The summed E-state index contributed by atoms with van der Waals surface area (Å²) in [5.74, 6) is -0.365. The highest BCUT2D eigenvalue weighted by molar-refractivity contribution is 5.97. The van der Waals surface area contributed by atoms with Gasteiger partial charge in [0.2, 0.25) is 23.6 Å². The number of hydrogen-bond donors (Lipinski definition) is 1. The molecule has 0 radical (unpaired) electrons. The second kappa shape index (κ2) is 17.3. The third-order valence-corrected chi connectivity index (χ3v) is 10.9. The molecular formula is C40H64N6O4. The van der Waals surface area contributed by atoms with Crippen molar-refractivity contribution in [2.75, 3.05) is 46.3 Å². The number of carbonyl (C=O) groups excluding carboxylic acids is 4. The first-order valence-electron chi connectivity index (χ1n) is 19.0. The first-order valence-corrected chi connectivity index (χ1v) is 19.0. The lowest BCUT2D eigenvalue weighted by Gasteiger charge is -2.41. The number of likely N-dealkylation sites (tertiary alicyclic amines) is 2. The molecule has 1 aromatic rings. The van der Waals surface area contributed by atoms with Crippen LogP contribution in [-0.4, -0.2) is 125 Å². The zero-order valence-electron chi connectivity index (χ0n) is 32.3. The number of rotatable bonds is 11. The van der Waals surface area contributed by atoms with Gasteiger partial charge in [0.15, 0.2) is 0 Å². The lowest BCUT2D eigenvalue weighted by atomic mass is 9.84. The lowest BCUT2D eigenvalue weighted by Crippen LogP contribution is -2.60. The molecule has 3 fully saturated rings. The maximum absolute atomic E-state index is 14.2. The smallest absolute Gasteiger partial charge is 0.249 e. The van der Waals surface area contributed by atoms with E-state index in [-0.39, 0.29) is 47.7 Å². The maximum atomic E-state index is 14.2. The van der Waals surface area contributed by atoms with Crippen LogP contribution in [0.3, 0.4) is 0 Å². The molecule has 4 rings (SSSR count). The second-order valence-corrected chi connectivity index (χ2v) is 16.4. The van der Waals surface area contributed by atoms with Gasteiger partial charge in [-0.3, -0.25) is 29.0 Å². The molecule has 278 valence electrons. The monoisotopic (exact) mass is 692 g/mol. The number of nitrogens with one attached hydrogen (secondary N) is 1. The Balaban J connectivity index is 1.42. The van der Waals surface area contributed by atoms with Gasteiger partial charge in [0, 0.05) is 57.9 Å². The average molecular weight is 693 g/mol. The summed E-state index contributed by atoms with van der Waals surface area (Å²) in [6, 6.07) is 8.83. The fourth-order valence-electron chi connectivity index (χ4n) is 7.84. The predicted molar refractivity (Wildman–Crippen MR) is 199 cm³/mol. The zero-order chi connectivity index (χ0) is 36.7. The molecule has 10 heteroatoms. The lowest BCUT2D eigenvalue weighted by molar-refractivity contribution is -0.143. The van der Waals surface area contributed by atoms with Crippen molar-refractivity contribution in [2.24, 2.45) is 11.3 Å². The molecule has 3 heterocycles. The summed E-state index contributed by atoms with van der Waals surface area (Å²) in [4.78, 5) is 65.6. The van der Waals surface area contributed by atoms with Crippen LogP contribution in [0.5, 0.6) is 0 Å². The number of likely N-dealkylation sites (N-methyl/N-ethyl adjacent to an activating group) is 1. The van der Waals surface area contributed by atoms with Gasteiger partial charge in [-0.2, -0.15) is 0 Å². The number of piperidine rings is 1. The molecule has 50 heavy (non-hydrogen) atoms. The molecule has 10 nitrogen and oxygen atoms in total. The molecule has 0 spiro atoms. The van der Waals surface area contributed by atoms with E-state index in [4.69, 9.17) is 0 Å². The maximum Gasteiger partial charge on any atom is 0.249 e. The van der Waals surface area contributed by atoms with E-state index in [1.807, 2.05) is 51.7 Å². The van der Waals surface area contributed by atoms with Crippen LogP contribution in [0.4, 0.5) is 0 Å². The summed E-state index contributed by atoms with van der Waals surface area (Å²) in [7, 11) is 1.77. The van der Waals surface area contributed by atoms with Gasteiger partial charge in [-0.1, -0.05) is 77.4 Å². The normalized spacial score (nSPS) is 22.5. The SMILES string of the molecule is CC(=C[C@H](C(C)C)N(C)C(=O)[C@@H](NC(=O)C1CCCCN1C(C)C)C(C)(C)C)C(=O)N1CCC[C@H]1C(=O)N1CCN(Cc2ccccc2)CC1. The predicted octanol–water partition coefficient (Wildman–Crippen LogP) is 4.54. The van der Waals surface area contributed by atoms with E-state index in [9.17, 15) is 19.2 Å². The van der Waals surface area contributed by atoms with Crippen molar-refractivity contribution >= 4 is 23.6 Å². The van der Waals surface area contributed by atoms with E-state index < -0.39 is 17.5 Å². The highest BCUT2D eigenvalue weighted by atomic mass is 16.2. The fraction of sp³-hybridized carbons (Fsp3) is 0.700. The van der Waals surface area contributed by atoms with Crippen molar-refractivity contribution in [3.8, 4) is 0 Å². The number of hydrogen-bond acceptors (Lipinski definition) is 6. The van der Waals surface area contributed by atoms with Crippen molar-refractivity contribution in [2.45, 2.75) is 124 Å². The molecule has 0 aromatic heterocycles. The third kappa shape index (κ3) is 9.75. The summed E-state index contributed by atoms with van der Waals surface area (Å²) in [6.07, 6.45) is 6.20. The molecule has 4 amide bonds. The number of nitrogens with zero attached hydrogens (tertiary/aromatic N) is 5. The van der Waals surface area contributed by atoms with Gasteiger partial charge in [-0.25, -0.2) is 0 Å². The van der Waals surface area contributed by atoms with E-state index in [2.05, 4.69) is 53.2 Å². The molecule has 4 atom stereocenters. The molecule has 0 bridgehead atoms. The minimum atomic E-state index is -0.727. The van der Waals surface area contributed by atoms with Crippen molar-refractivity contribution in [1.82, 2.24) is 29.8 Å². The molecule has 1 aromatic carbocycles. The first-order chi connectivity index (χ1) is 23.6.